The molecule has 0 bridgehead atoms. The Balaban J connectivity index is 1.96. The lowest BCUT2D eigenvalue weighted by Crippen LogP contribution is -2.15. The lowest BCUT2D eigenvalue weighted by Gasteiger charge is -2.11. The van der Waals surface area contributed by atoms with Crippen LogP contribution in [0.15, 0.2) is 6.20 Å². The molecule has 88 valence electrons. The highest BCUT2D eigenvalue weighted by Gasteiger charge is 2.16. The monoisotopic (exact) mass is 259 g/mol. The van der Waals surface area contributed by atoms with Gasteiger partial charge in [-0.2, -0.15) is 16.7 Å². The van der Waals surface area contributed by atoms with Crippen LogP contribution in [-0.2, 0) is 0 Å². The Hall–Kier alpha value is -0.680. The third kappa shape index (κ3) is 2.92. The normalized spacial score (nSPS) is 19.8. The second-order valence-electron chi connectivity index (χ2n) is 3.57. The molecule has 2 rings (SSSR count). The van der Waals surface area contributed by atoms with Gasteiger partial charge < -0.3 is 10.1 Å². The van der Waals surface area contributed by atoms with Gasteiger partial charge in [-0.25, -0.2) is 4.98 Å². The van der Waals surface area contributed by atoms with Crippen LogP contribution in [0.1, 0.15) is 12.8 Å². The Morgan fingerprint density at radius 1 is 1.69 bits per heavy atom. The summed E-state index contributed by atoms with van der Waals surface area (Å²) in [4.78, 5) is 8.09. The third-order valence-corrected chi connectivity index (χ3v) is 4.10. The molecule has 1 aromatic rings. The van der Waals surface area contributed by atoms with Crippen LogP contribution in [0.3, 0.4) is 0 Å². The molecule has 0 aliphatic carbocycles. The number of anilines is 1. The van der Waals surface area contributed by atoms with Crippen molar-refractivity contribution in [2.24, 2.45) is 0 Å². The zero-order valence-corrected chi connectivity index (χ0v) is 10.6. The number of nitrogens with zero attached hydrogens (tertiary/aromatic N) is 2. The molecule has 1 fully saturated rings. The molecule has 0 aromatic carbocycles. The standard InChI is InChI=1S/C10H14ClN3OS/c1-15-10-13-6-8(11)9(14-10)12-5-7-3-2-4-16-7/h6-7H,2-5H2,1H3,(H,12,13,14). The Labute approximate surface area is 104 Å². The summed E-state index contributed by atoms with van der Waals surface area (Å²) in [5.41, 5.74) is 0. The van der Waals surface area contributed by atoms with Crippen LogP contribution in [0.4, 0.5) is 5.82 Å². The van der Waals surface area contributed by atoms with Gasteiger partial charge in [0, 0.05) is 11.8 Å². The molecule has 1 N–H and O–H groups in total. The van der Waals surface area contributed by atoms with Crippen LogP contribution in [-0.4, -0.2) is 34.6 Å². The highest BCUT2D eigenvalue weighted by atomic mass is 35.5. The first-order valence-electron chi connectivity index (χ1n) is 5.21. The largest absolute Gasteiger partial charge is 0.467 e. The second-order valence-corrected chi connectivity index (χ2v) is 5.38. The van der Waals surface area contributed by atoms with E-state index in [4.69, 9.17) is 16.3 Å². The van der Waals surface area contributed by atoms with Crippen LogP contribution in [0.2, 0.25) is 5.02 Å². The van der Waals surface area contributed by atoms with Crippen molar-refractivity contribution >= 4 is 29.2 Å². The fourth-order valence-electron chi connectivity index (χ4n) is 1.59. The molecular formula is C10H14ClN3OS. The van der Waals surface area contributed by atoms with Gasteiger partial charge in [0.1, 0.15) is 5.02 Å². The van der Waals surface area contributed by atoms with Crippen LogP contribution in [0, 0.1) is 0 Å². The molecule has 0 amide bonds. The summed E-state index contributed by atoms with van der Waals surface area (Å²) < 4.78 is 4.96. The van der Waals surface area contributed by atoms with E-state index in [-0.39, 0.29) is 0 Å². The summed E-state index contributed by atoms with van der Waals surface area (Å²) in [5, 5.41) is 4.44. The van der Waals surface area contributed by atoms with Gasteiger partial charge in [0.25, 0.3) is 0 Å². The summed E-state index contributed by atoms with van der Waals surface area (Å²) in [6, 6.07) is 0.339. The number of halogens is 1. The number of aromatic nitrogens is 2. The van der Waals surface area contributed by atoms with Crippen molar-refractivity contribution < 1.29 is 4.74 Å². The zero-order chi connectivity index (χ0) is 11.4. The molecule has 1 unspecified atom stereocenters. The topological polar surface area (TPSA) is 47.0 Å². The molecule has 16 heavy (non-hydrogen) atoms. The number of hydrogen-bond donors (Lipinski definition) is 1. The number of ether oxygens (including phenoxy) is 1. The van der Waals surface area contributed by atoms with Crippen molar-refractivity contribution in [1.82, 2.24) is 9.97 Å². The van der Waals surface area contributed by atoms with Gasteiger partial charge in [-0.15, -0.1) is 0 Å². The summed E-state index contributed by atoms with van der Waals surface area (Å²) in [5.74, 6) is 1.91. The molecule has 1 aromatic heterocycles. The summed E-state index contributed by atoms with van der Waals surface area (Å²) in [6.07, 6.45) is 4.12. The van der Waals surface area contributed by atoms with E-state index in [9.17, 15) is 0 Å². The predicted octanol–water partition coefficient (Wildman–Crippen LogP) is 2.45. The maximum atomic E-state index is 5.99. The third-order valence-electron chi connectivity index (χ3n) is 2.43. The molecule has 6 heteroatoms. The fourth-order valence-corrected chi connectivity index (χ4v) is 2.95. The second kappa shape index (κ2) is 5.59. The molecule has 1 aliphatic rings. The fraction of sp³-hybridized carbons (Fsp3) is 0.600. The first-order valence-corrected chi connectivity index (χ1v) is 6.64. The van der Waals surface area contributed by atoms with Gasteiger partial charge in [-0.05, 0) is 18.6 Å². The minimum Gasteiger partial charge on any atom is -0.467 e. The van der Waals surface area contributed by atoms with E-state index in [1.165, 1.54) is 18.6 Å². The van der Waals surface area contributed by atoms with Crippen molar-refractivity contribution in [3.63, 3.8) is 0 Å². The molecule has 2 heterocycles. The van der Waals surface area contributed by atoms with Crippen molar-refractivity contribution in [3.05, 3.63) is 11.2 Å². The van der Waals surface area contributed by atoms with E-state index < -0.39 is 0 Å². The van der Waals surface area contributed by atoms with E-state index in [1.54, 1.807) is 13.3 Å². The molecular weight excluding hydrogens is 246 g/mol. The first kappa shape index (κ1) is 11.8. The van der Waals surface area contributed by atoms with Crippen LogP contribution >= 0.6 is 23.4 Å². The number of nitrogens with one attached hydrogen (secondary N) is 1. The molecule has 0 saturated carbocycles. The van der Waals surface area contributed by atoms with Crippen molar-refractivity contribution in [3.8, 4) is 6.01 Å². The maximum Gasteiger partial charge on any atom is 0.318 e. The first-order chi connectivity index (χ1) is 7.79. The molecule has 4 nitrogen and oxygen atoms in total. The average molecular weight is 260 g/mol. The number of methoxy groups -OCH3 is 1. The SMILES string of the molecule is COc1ncc(Cl)c(NCC2CCCS2)n1. The zero-order valence-electron chi connectivity index (χ0n) is 9.07. The lowest BCUT2D eigenvalue weighted by molar-refractivity contribution is 0.380. The minimum absolute atomic E-state index is 0.339. The van der Waals surface area contributed by atoms with Gasteiger partial charge in [-0.3, -0.25) is 0 Å². The smallest absolute Gasteiger partial charge is 0.318 e. The van der Waals surface area contributed by atoms with Gasteiger partial charge in [0.05, 0.1) is 13.3 Å². The molecule has 1 saturated heterocycles. The van der Waals surface area contributed by atoms with Crippen LogP contribution in [0.5, 0.6) is 6.01 Å². The van der Waals surface area contributed by atoms with Crippen LogP contribution < -0.4 is 10.1 Å². The molecule has 1 aliphatic heterocycles. The van der Waals surface area contributed by atoms with Gasteiger partial charge >= 0.3 is 6.01 Å². The van der Waals surface area contributed by atoms with Gasteiger partial charge in [0.2, 0.25) is 0 Å². The highest BCUT2D eigenvalue weighted by Crippen LogP contribution is 2.27. The van der Waals surface area contributed by atoms with E-state index in [0.717, 1.165) is 6.54 Å². The lowest BCUT2D eigenvalue weighted by atomic mass is 10.2. The van der Waals surface area contributed by atoms with Gasteiger partial charge in [0.15, 0.2) is 5.82 Å². The summed E-state index contributed by atoms with van der Waals surface area (Å²) >= 11 is 7.99. The molecule has 1 atom stereocenters. The number of rotatable bonds is 4. The summed E-state index contributed by atoms with van der Waals surface area (Å²) in [7, 11) is 1.54. The minimum atomic E-state index is 0.339. The maximum absolute atomic E-state index is 5.99. The predicted molar refractivity (Wildman–Crippen MR) is 67.6 cm³/mol. The molecule has 0 radical (unpaired) electrons. The molecule has 0 spiro atoms. The summed E-state index contributed by atoms with van der Waals surface area (Å²) in [6.45, 7) is 0.893. The quantitative estimate of drug-likeness (QED) is 0.900. The Morgan fingerprint density at radius 3 is 3.25 bits per heavy atom. The Kier molecular flexibility index (Phi) is 4.12. The van der Waals surface area contributed by atoms with Crippen molar-refractivity contribution in [1.29, 1.82) is 0 Å². The Bertz CT molecular complexity index is 358. The Morgan fingerprint density at radius 2 is 2.56 bits per heavy atom. The van der Waals surface area contributed by atoms with Crippen LogP contribution in [0.25, 0.3) is 0 Å². The van der Waals surface area contributed by atoms with E-state index in [2.05, 4.69) is 15.3 Å². The van der Waals surface area contributed by atoms with E-state index in [0.29, 0.717) is 22.1 Å². The van der Waals surface area contributed by atoms with E-state index in [1.807, 2.05) is 11.8 Å². The average Bonchev–Trinajstić information content (AvgIpc) is 2.81. The van der Waals surface area contributed by atoms with E-state index >= 15 is 0 Å². The highest BCUT2D eigenvalue weighted by molar-refractivity contribution is 8.00. The number of thioether (sulfide) groups is 1. The van der Waals surface area contributed by atoms with Crippen molar-refractivity contribution in [2.75, 3.05) is 24.7 Å². The van der Waals surface area contributed by atoms with Gasteiger partial charge in [-0.1, -0.05) is 11.6 Å². The number of hydrogen-bond acceptors (Lipinski definition) is 5. The van der Waals surface area contributed by atoms with Crippen molar-refractivity contribution in [2.45, 2.75) is 18.1 Å².